The van der Waals surface area contributed by atoms with Gasteiger partial charge in [-0.25, -0.2) is 0 Å². The average molecular weight is 371 g/mol. The van der Waals surface area contributed by atoms with Gasteiger partial charge in [0.25, 0.3) is 0 Å². The van der Waals surface area contributed by atoms with Crippen molar-refractivity contribution < 1.29 is 9.21 Å². The van der Waals surface area contributed by atoms with Crippen molar-refractivity contribution in [2.45, 2.75) is 13.0 Å². The van der Waals surface area contributed by atoms with Crippen LogP contribution in [0.1, 0.15) is 11.1 Å². The van der Waals surface area contributed by atoms with Gasteiger partial charge in [0.1, 0.15) is 5.69 Å². The molecule has 3 aromatic rings. The van der Waals surface area contributed by atoms with E-state index in [1.807, 2.05) is 48.5 Å². The average Bonchev–Trinajstić information content (AvgIpc) is 3.10. The molecule has 0 aliphatic heterocycles. The number of carbonyl (C=O) groups is 1. The molecule has 0 saturated heterocycles. The second kappa shape index (κ2) is 7.24. The quantitative estimate of drug-likeness (QED) is 0.739. The molecule has 1 aromatic carbocycles. The van der Waals surface area contributed by atoms with Gasteiger partial charge < -0.3 is 9.73 Å². The highest BCUT2D eigenvalue weighted by Crippen LogP contribution is 2.21. The summed E-state index contributed by atoms with van der Waals surface area (Å²) in [7, 11) is 0. The highest BCUT2D eigenvalue weighted by atomic mass is 79.9. The minimum atomic E-state index is -0.0263. The van der Waals surface area contributed by atoms with Crippen molar-refractivity contribution in [3.8, 4) is 11.5 Å². The SMILES string of the molecule is O=C(Cc1ccc(Br)cc1)NCc1cccnc1-c1ccco1. The van der Waals surface area contributed by atoms with Crippen LogP contribution >= 0.6 is 15.9 Å². The van der Waals surface area contributed by atoms with Crippen LogP contribution in [-0.4, -0.2) is 10.9 Å². The maximum atomic E-state index is 12.1. The van der Waals surface area contributed by atoms with Crippen molar-refractivity contribution in [2.24, 2.45) is 0 Å². The zero-order valence-electron chi connectivity index (χ0n) is 12.3. The summed E-state index contributed by atoms with van der Waals surface area (Å²) >= 11 is 3.38. The number of amides is 1. The number of nitrogens with one attached hydrogen (secondary N) is 1. The Labute approximate surface area is 142 Å². The standard InChI is InChI=1S/C18H15BrN2O2/c19-15-7-5-13(6-8-15)11-17(22)21-12-14-3-1-9-20-18(14)16-4-2-10-23-16/h1-10H,11-12H2,(H,21,22). The number of rotatable bonds is 5. The lowest BCUT2D eigenvalue weighted by Crippen LogP contribution is -2.24. The number of nitrogens with zero attached hydrogens (tertiary/aromatic N) is 1. The first kappa shape index (κ1) is 15.5. The normalized spacial score (nSPS) is 10.5. The molecule has 1 amide bonds. The van der Waals surface area contributed by atoms with Crippen molar-refractivity contribution in [1.29, 1.82) is 0 Å². The van der Waals surface area contributed by atoms with Crippen LogP contribution in [0.3, 0.4) is 0 Å². The minimum Gasteiger partial charge on any atom is -0.463 e. The van der Waals surface area contributed by atoms with Gasteiger partial charge in [-0.3, -0.25) is 9.78 Å². The van der Waals surface area contributed by atoms with Gasteiger partial charge in [0.15, 0.2) is 5.76 Å². The number of carbonyl (C=O) groups excluding carboxylic acids is 1. The molecule has 0 unspecified atom stereocenters. The molecule has 1 N–H and O–H groups in total. The fourth-order valence-corrected chi connectivity index (χ4v) is 2.52. The molecule has 0 atom stereocenters. The molecule has 0 saturated carbocycles. The van der Waals surface area contributed by atoms with Crippen molar-refractivity contribution in [3.63, 3.8) is 0 Å². The molecule has 3 rings (SSSR count). The van der Waals surface area contributed by atoms with Gasteiger partial charge >= 0.3 is 0 Å². The number of hydrogen-bond acceptors (Lipinski definition) is 3. The first-order valence-electron chi connectivity index (χ1n) is 7.21. The Bertz CT molecular complexity index is 783. The van der Waals surface area contributed by atoms with E-state index in [0.717, 1.165) is 21.3 Å². The number of halogens is 1. The number of pyridine rings is 1. The Morgan fingerprint density at radius 3 is 2.70 bits per heavy atom. The molecule has 116 valence electrons. The van der Waals surface area contributed by atoms with Gasteiger partial charge in [0.2, 0.25) is 5.91 Å². The summed E-state index contributed by atoms with van der Waals surface area (Å²) in [6.45, 7) is 0.416. The highest BCUT2D eigenvalue weighted by molar-refractivity contribution is 9.10. The molecule has 0 spiro atoms. The lowest BCUT2D eigenvalue weighted by atomic mass is 10.1. The summed E-state index contributed by atoms with van der Waals surface area (Å²) in [4.78, 5) is 16.4. The summed E-state index contributed by atoms with van der Waals surface area (Å²) in [5.74, 6) is 0.671. The van der Waals surface area contributed by atoms with Crippen LogP contribution in [0.2, 0.25) is 0 Å². The minimum absolute atomic E-state index is 0.0263. The van der Waals surface area contributed by atoms with Gasteiger partial charge in [-0.2, -0.15) is 0 Å². The predicted molar refractivity (Wildman–Crippen MR) is 91.6 cm³/mol. The van der Waals surface area contributed by atoms with Crippen LogP contribution in [0.5, 0.6) is 0 Å². The number of hydrogen-bond donors (Lipinski definition) is 1. The molecule has 0 radical (unpaired) electrons. The molecule has 0 aliphatic rings. The number of furan rings is 1. The molecular formula is C18H15BrN2O2. The Balaban J connectivity index is 1.64. The van der Waals surface area contributed by atoms with Crippen LogP contribution in [0, 0.1) is 0 Å². The van der Waals surface area contributed by atoms with Crippen molar-refractivity contribution in [3.05, 3.63) is 76.6 Å². The smallest absolute Gasteiger partial charge is 0.224 e. The summed E-state index contributed by atoms with van der Waals surface area (Å²) in [6.07, 6.45) is 3.68. The van der Waals surface area contributed by atoms with E-state index in [4.69, 9.17) is 4.42 Å². The van der Waals surface area contributed by atoms with Gasteiger partial charge in [-0.1, -0.05) is 34.1 Å². The topological polar surface area (TPSA) is 55.1 Å². The fourth-order valence-electron chi connectivity index (χ4n) is 2.26. The Morgan fingerprint density at radius 1 is 1.13 bits per heavy atom. The maximum Gasteiger partial charge on any atom is 0.224 e. The lowest BCUT2D eigenvalue weighted by molar-refractivity contribution is -0.120. The van der Waals surface area contributed by atoms with E-state index in [1.165, 1.54) is 0 Å². The molecule has 0 fully saturated rings. The fraction of sp³-hybridized carbons (Fsp3) is 0.111. The van der Waals surface area contributed by atoms with E-state index in [9.17, 15) is 4.79 Å². The van der Waals surface area contributed by atoms with Crippen LogP contribution in [0.15, 0.2) is 69.9 Å². The van der Waals surface area contributed by atoms with Crippen LogP contribution in [0.25, 0.3) is 11.5 Å². The summed E-state index contributed by atoms with van der Waals surface area (Å²) in [5, 5.41) is 2.93. The molecule has 5 heteroatoms. The van der Waals surface area contributed by atoms with E-state index in [0.29, 0.717) is 18.7 Å². The number of benzene rings is 1. The van der Waals surface area contributed by atoms with E-state index >= 15 is 0 Å². The zero-order valence-corrected chi connectivity index (χ0v) is 13.9. The van der Waals surface area contributed by atoms with Crippen molar-refractivity contribution in [2.75, 3.05) is 0 Å². The Hall–Kier alpha value is -2.40. The highest BCUT2D eigenvalue weighted by Gasteiger charge is 2.10. The van der Waals surface area contributed by atoms with Crippen molar-refractivity contribution >= 4 is 21.8 Å². The van der Waals surface area contributed by atoms with Crippen LogP contribution in [-0.2, 0) is 17.8 Å². The molecule has 4 nitrogen and oxygen atoms in total. The zero-order chi connectivity index (χ0) is 16.1. The third-order valence-electron chi connectivity index (χ3n) is 3.40. The van der Waals surface area contributed by atoms with Crippen LogP contribution in [0.4, 0.5) is 0 Å². The maximum absolute atomic E-state index is 12.1. The second-order valence-electron chi connectivity index (χ2n) is 5.07. The molecule has 0 aliphatic carbocycles. The lowest BCUT2D eigenvalue weighted by Gasteiger charge is -2.08. The Morgan fingerprint density at radius 2 is 1.96 bits per heavy atom. The van der Waals surface area contributed by atoms with Gasteiger partial charge in [0.05, 0.1) is 12.7 Å². The molecule has 23 heavy (non-hydrogen) atoms. The molecular weight excluding hydrogens is 356 g/mol. The first-order chi connectivity index (χ1) is 11.2. The van der Waals surface area contributed by atoms with Gasteiger partial charge in [-0.05, 0) is 35.9 Å². The predicted octanol–water partition coefficient (Wildman–Crippen LogP) is 3.96. The van der Waals surface area contributed by atoms with Crippen LogP contribution < -0.4 is 5.32 Å². The second-order valence-corrected chi connectivity index (χ2v) is 5.98. The van der Waals surface area contributed by atoms with E-state index in [1.54, 1.807) is 12.5 Å². The first-order valence-corrected chi connectivity index (χ1v) is 8.00. The number of aromatic nitrogens is 1. The van der Waals surface area contributed by atoms with Gasteiger partial charge in [0, 0.05) is 22.8 Å². The Kier molecular flexibility index (Phi) is 4.88. The largest absolute Gasteiger partial charge is 0.463 e. The molecule has 2 aromatic heterocycles. The molecule has 0 bridgehead atoms. The van der Waals surface area contributed by atoms with E-state index in [2.05, 4.69) is 26.2 Å². The summed E-state index contributed by atoms with van der Waals surface area (Å²) in [6, 6.07) is 15.2. The van der Waals surface area contributed by atoms with Gasteiger partial charge in [-0.15, -0.1) is 0 Å². The molecule has 2 heterocycles. The third kappa shape index (κ3) is 4.07. The summed E-state index contributed by atoms with van der Waals surface area (Å²) < 4.78 is 6.39. The third-order valence-corrected chi connectivity index (χ3v) is 3.93. The summed E-state index contributed by atoms with van der Waals surface area (Å²) in [5.41, 5.74) is 2.65. The van der Waals surface area contributed by atoms with E-state index < -0.39 is 0 Å². The van der Waals surface area contributed by atoms with E-state index in [-0.39, 0.29) is 5.91 Å². The van der Waals surface area contributed by atoms with Crippen molar-refractivity contribution in [1.82, 2.24) is 10.3 Å². The monoisotopic (exact) mass is 370 g/mol.